The quantitative estimate of drug-likeness (QED) is 0.372. The summed E-state index contributed by atoms with van der Waals surface area (Å²) >= 11 is 8.48. The number of pyridine rings is 1. The molecule has 0 unspecified atom stereocenters. The normalized spacial score (nSPS) is 11.0. The van der Waals surface area contributed by atoms with E-state index in [4.69, 9.17) is 16.6 Å². The van der Waals surface area contributed by atoms with Crippen LogP contribution in [-0.4, -0.2) is 32.5 Å². The predicted octanol–water partition coefficient (Wildman–Crippen LogP) is 4.56. The molecule has 1 amide bonds. The van der Waals surface area contributed by atoms with Crippen molar-refractivity contribution in [2.24, 2.45) is 0 Å². The van der Waals surface area contributed by atoms with Crippen molar-refractivity contribution in [2.75, 3.05) is 11.9 Å². The first-order chi connectivity index (χ1) is 13.9. The summed E-state index contributed by atoms with van der Waals surface area (Å²) in [5.74, 6) is 0.389. The van der Waals surface area contributed by atoms with Gasteiger partial charge in [0.25, 0.3) is 0 Å². The maximum absolute atomic E-state index is 13.0. The van der Waals surface area contributed by atoms with Gasteiger partial charge >= 0.3 is 0 Å². The minimum atomic E-state index is -0.114. The second-order valence-electron chi connectivity index (χ2n) is 6.65. The smallest absolute Gasteiger partial charge is 0.233 e. The van der Waals surface area contributed by atoms with Gasteiger partial charge < -0.3 is 4.40 Å². The largest absolute Gasteiger partial charge is 0.301 e. The lowest BCUT2D eigenvalue weighted by molar-refractivity contribution is -0.117. The number of carbonyl (C=O) groups excluding carboxylic acids is 1. The molecule has 8 heteroatoms. The number of aromatic nitrogens is 4. The number of hydrogen-bond donors (Lipinski definition) is 0. The van der Waals surface area contributed by atoms with Gasteiger partial charge in [-0.1, -0.05) is 23.7 Å². The van der Waals surface area contributed by atoms with E-state index >= 15 is 0 Å². The van der Waals surface area contributed by atoms with E-state index in [0.717, 1.165) is 31.9 Å². The Balaban J connectivity index is 1.75. The fourth-order valence-corrected chi connectivity index (χ4v) is 3.56. The highest BCUT2D eigenvalue weighted by Gasteiger charge is 2.20. The number of likely N-dealkylation sites (N-methyl/N-ethyl adjacent to an activating group) is 1. The fourth-order valence-electron chi connectivity index (χ4n) is 3.04. The van der Waals surface area contributed by atoms with E-state index in [1.807, 2.05) is 47.7 Å². The van der Waals surface area contributed by atoms with Crippen molar-refractivity contribution in [1.82, 2.24) is 19.6 Å². The topological polar surface area (TPSA) is 63.4 Å². The molecule has 0 N–H and O–H groups in total. The minimum Gasteiger partial charge on any atom is -0.301 e. The maximum Gasteiger partial charge on any atom is 0.233 e. The average Bonchev–Trinajstić information content (AvgIpc) is 3.06. The molecular formula is C21H17ClIN5O. The van der Waals surface area contributed by atoms with Crippen molar-refractivity contribution >= 4 is 51.6 Å². The SMILES string of the molecule is Cc1ccc(N(C)C(=O)Cc2c(-c3ccc(I)cc3)nc3ccc(Cl)cn23)nn1. The zero-order chi connectivity index (χ0) is 20.5. The second kappa shape index (κ2) is 8.08. The van der Waals surface area contributed by atoms with Gasteiger partial charge in [-0.15, -0.1) is 5.10 Å². The number of anilines is 1. The summed E-state index contributed by atoms with van der Waals surface area (Å²) in [4.78, 5) is 19.3. The summed E-state index contributed by atoms with van der Waals surface area (Å²) in [5, 5.41) is 8.72. The van der Waals surface area contributed by atoms with E-state index < -0.39 is 0 Å². The van der Waals surface area contributed by atoms with Crippen LogP contribution in [0.3, 0.4) is 0 Å². The Labute approximate surface area is 186 Å². The summed E-state index contributed by atoms with van der Waals surface area (Å²) in [6.07, 6.45) is 1.93. The van der Waals surface area contributed by atoms with Gasteiger partial charge in [-0.25, -0.2) is 4.98 Å². The number of imidazole rings is 1. The summed E-state index contributed by atoms with van der Waals surface area (Å²) in [6, 6.07) is 15.3. The van der Waals surface area contributed by atoms with Crippen LogP contribution >= 0.6 is 34.2 Å². The van der Waals surface area contributed by atoms with Crippen LogP contribution in [0.25, 0.3) is 16.9 Å². The summed E-state index contributed by atoms with van der Waals surface area (Å²) in [7, 11) is 1.70. The van der Waals surface area contributed by atoms with E-state index in [9.17, 15) is 4.79 Å². The highest BCUT2D eigenvalue weighted by Crippen LogP contribution is 2.27. The van der Waals surface area contributed by atoms with Crippen LogP contribution in [0.5, 0.6) is 0 Å². The van der Waals surface area contributed by atoms with Crippen LogP contribution < -0.4 is 4.90 Å². The van der Waals surface area contributed by atoms with Crippen LogP contribution in [0.2, 0.25) is 5.02 Å². The molecule has 0 aliphatic heterocycles. The van der Waals surface area contributed by atoms with E-state index in [0.29, 0.717) is 10.8 Å². The average molecular weight is 518 g/mol. The zero-order valence-corrected chi connectivity index (χ0v) is 18.7. The van der Waals surface area contributed by atoms with E-state index in [1.165, 1.54) is 4.90 Å². The second-order valence-corrected chi connectivity index (χ2v) is 8.33. The number of benzene rings is 1. The van der Waals surface area contributed by atoms with Crippen LogP contribution in [0.15, 0.2) is 54.7 Å². The van der Waals surface area contributed by atoms with E-state index in [-0.39, 0.29) is 12.3 Å². The first kappa shape index (κ1) is 19.8. The number of fused-ring (bicyclic) bond motifs is 1. The number of hydrogen-bond acceptors (Lipinski definition) is 4. The molecule has 4 aromatic rings. The van der Waals surface area contributed by atoms with Crippen LogP contribution in [0, 0.1) is 10.5 Å². The Hall–Kier alpha value is -2.52. The molecule has 0 saturated carbocycles. The molecule has 6 nitrogen and oxygen atoms in total. The molecule has 146 valence electrons. The Bertz CT molecular complexity index is 1190. The van der Waals surface area contributed by atoms with Crippen molar-refractivity contribution in [3.63, 3.8) is 0 Å². The molecule has 3 heterocycles. The highest BCUT2D eigenvalue weighted by atomic mass is 127. The lowest BCUT2D eigenvalue weighted by Crippen LogP contribution is -2.29. The first-order valence-corrected chi connectivity index (χ1v) is 10.4. The van der Waals surface area contributed by atoms with Gasteiger partial charge in [0.05, 0.1) is 28.5 Å². The standard InChI is InChI=1S/C21H17ClIN5O/c1-13-3-9-19(26-25-13)27(2)20(29)11-17-21(14-4-7-16(23)8-5-14)24-18-10-6-15(22)12-28(17)18/h3-10,12H,11H2,1-2H3. The molecule has 0 aliphatic rings. The minimum absolute atomic E-state index is 0.114. The van der Waals surface area contributed by atoms with Crippen LogP contribution in [-0.2, 0) is 11.2 Å². The van der Waals surface area contributed by atoms with E-state index in [1.54, 1.807) is 25.4 Å². The Morgan fingerprint density at radius 2 is 1.86 bits per heavy atom. The Morgan fingerprint density at radius 1 is 1.10 bits per heavy atom. The molecule has 3 aromatic heterocycles. The van der Waals surface area contributed by atoms with Crippen molar-refractivity contribution in [3.05, 3.63) is 74.7 Å². The fraction of sp³-hybridized carbons (Fsp3) is 0.143. The van der Waals surface area contributed by atoms with Gasteiger partial charge in [-0.05, 0) is 65.9 Å². The maximum atomic E-state index is 13.0. The molecule has 29 heavy (non-hydrogen) atoms. The van der Waals surface area contributed by atoms with Crippen molar-refractivity contribution in [3.8, 4) is 11.3 Å². The van der Waals surface area contributed by atoms with Gasteiger partial charge in [-0.3, -0.25) is 9.69 Å². The van der Waals surface area contributed by atoms with Crippen molar-refractivity contribution < 1.29 is 4.79 Å². The van der Waals surface area contributed by atoms with Crippen LogP contribution in [0.1, 0.15) is 11.4 Å². The molecule has 0 saturated heterocycles. The van der Waals surface area contributed by atoms with Crippen molar-refractivity contribution in [2.45, 2.75) is 13.3 Å². The molecule has 4 rings (SSSR count). The molecule has 0 bridgehead atoms. The summed E-state index contributed by atoms with van der Waals surface area (Å²) in [5.41, 5.74) is 4.03. The predicted molar refractivity (Wildman–Crippen MR) is 122 cm³/mol. The van der Waals surface area contributed by atoms with Gasteiger partial charge in [0.2, 0.25) is 5.91 Å². The molecule has 0 fully saturated rings. The zero-order valence-electron chi connectivity index (χ0n) is 15.8. The number of amides is 1. The van der Waals surface area contributed by atoms with Crippen molar-refractivity contribution in [1.29, 1.82) is 0 Å². The third kappa shape index (κ3) is 4.11. The third-order valence-electron chi connectivity index (χ3n) is 4.62. The lowest BCUT2D eigenvalue weighted by atomic mass is 10.1. The molecule has 0 spiro atoms. The number of rotatable bonds is 4. The van der Waals surface area contributed by atoms with Gasteiger partial charge in [0.15, 0.2) is 5.82 Å². The third-order valence-corrected chi connectivity index (χ3v) is 5.56. The summed E-state index contributed by atoms with van der Waals surface area (Å²) in [6.45, 7) is 1.86. The number of aryl methyl sites for hydroxylation is 1. The monoisotopic (exact) mass is 517 g/mol. The molecular weight excluding hydrogens is 501 g/mol. The van der Waals surface area contributed by atoms with E-state index in [2.05, 4.69) is 32.8 Å². The number of nitrogens with zero attached hydrogens (tertiary/aromatic N) is 5. The Kier molecular flexibility index (Phi) is 5.51. The Morgan fingerprint density at radius 3 is 2.55 bits per heavy atom. The highest BCUT2D eigenvalue weighted by molar-refractivity contribution is 14.1. The molecule has 1 aromatic carbocycles. The van der Waals surface area contributed by atoms with Gasteiger partial charge in [0.1, 0.15) is 5.65 Å². The molecule has 0 aliphatic carbocycles. The lowest BCUT2D eigenvalue weighted by Gasteiger charge is -2.16. The first-order valence-electron chi connectivity index (χ1n) is 8.91. The summed E-state index contributed by atoms with van der Waals surface area (Å²) < 4.78 is 3.01. The van der Waals surface area contributed by atoms with Crippen LogP contribution in [0.4, 0.5) is 5.82 Å². The molecule has 0 radical (unpaired) electrons. The van der Waals surface area contributed by atoms with Gasteiger partial charge in [-0.2, -0.15) is 5.10 Å². The van der Waals surface area contributed by atoms with Gasteiger partial charge in [0, 0.05) is 22.4 Å². The number of halogens is 2. The molecule has 0 atom stereocenters. The number of carbonyl (C=O) groups is 1.